The SMILES string of the molecule is COC[C@@H](NC(=O)NC(C)C)C(C)(C)C. The number of carbonyl (C=O) groups is 1. The van der Waals surface area contributed by atoms with Gasteiger partial charge in [0, 0.05) is 13.2 Å². The summed E-state index contributed by atoms with van der Waals surface area (Å²) in [5.41, 5.74) is -0.00959. The van der Waals surface area contributed by atoms with Gasteiger partial charge in [0.2, 0.25) is 0 Å². The number of nitrogens with one attached hydrogen (secondary N) is 2. The van der Waals surface area contributed by atoms with Gasteiger partial charge < -0.3 is 15.4 Å². The zero-order chi connectivity index (χ0) is 12.1. The Bertz CT molecular complexity index is 197. The minimum absolute atomic E-state index is 0.00959. The van der Waals surface area contributed by atoms with Crippen LogP contribution in [0.25, 0.3) is 0 Å². The van der Waals surface area contributed by atoms with Gasteiger partial charge in [-0.1, -0.05) is 20.8 Å². The molecule has 0 aliphatic rings. The molecule has 0 aliphatic carbocycles. The van der Waals surface area contributed by atoms with Gasteiger partial charge in [0.1, 0.15) is 0 Å². The standard InChI is InChI=1S/C11H24N2O2/c1-8(2)12-10(14)13-9(7-15-6)11(3,4)5/h8-9H,7H2,1-6H3,(H2,12,13,14)/t9-/m1/s1. The van der Waals surface area contributed by atoms with Gasteiger partial charge in [-0.25, -0.2) is 4.79 Å². The largest absolute Gasteiger partial charge is 0.383 e. The van der Waals surface area contributed by atoms with Crippen molar-refractivity contribution in [3.63, 3.8) is 0 Å². The second kappa shape index (κ2) is 5.95. The first-order valence-electron chi connectivity index (χ1n) is 5.33. The van der Waals surface area contributed by atoms with Crippen molar-refractivity contribution in [2.45, 2.75) is 46.7 Å². The molecule has 0 saturated heterocycles. The maximum atomic E-state index is 11.5. The summed E-state index contributed by atoms with van der Waals surface area (Å²) in [5.74, 6) is 0. The van der Waals surface area contributed by atoms with Gasteiger partial charge in [-0.2, -0.15) is 0 Å². The van der Waals surface area contributed by atoms with Crippen LogP contribution in [0.5, 0.6) is 0 Å². The molecule has 0 aromatic heterocycles. The lowest BCUT2D eigenvalue weighted by Gasteiger charge is -2.31. The molecule has 15 heavy (non-hydrogen) atoms. The van der Waals surface area contributed by atoms with Crippen LogP contribution in [-0.2, 0) is 4.74 Å². The summed E-state index contributed by atoms with van der Waals surface area (Å²) in [6, 6.07) is 0.0244. The smallest absolute Gasteiger partial charge is 0.315 e. The minimum Gasteiger partial charge on any atom is -0.383 e. The Labute approximate surface area is 92.8 Å². The van der Waals surface area contributed by atoms with E-state index in [-0.39, 0.29) is 23.5 Å². The van der Waals surface area contributed by atoms with Crippen LogP contribution in [-0.4, -0.2) is 31.8 Å². The number of rotatable bonds is 4. The number of amides is 2. The lowest BCUT2D eigenvalue weighted by atomic mass is 9.87. The zero-order valence-electron chi connectivity index (χ0n) is 10.7. The average molecular weight is 216 g/mol. The van der Waals surface area contributed by atoms with E-state index in [1.54, 1.807) is 7.11 Å². The lowest BCUT2D eigenvalue weighted by Crippen LogP contribution is -2.51. The molecule has 0 fully saturated rings. The zero-order valence-corrected chi connectivity index (χ0v) is 10.7. The number of ether oxygens (including phenoxy) is 1. The Morgan fingerprint density at radius 2 is 1.80 bits per heavy atom. The van der Waals surface area contributed by atoms with Crippen LogP contribution >= 0.6 is 0 Å². The predicted octanol–water partition coefficient (Wildman–Crippen LogP) is 1.76. The fourth-order valence-corrected chi connectivity index (χ4v) is 1.14. The van der Waals surface area contributed by atoms with E-state index in [0.717, 1.165) is 0 Å². The molecule has 2 amide bonds. The number of methoxy groups -OCH3 is 1. The maximum Gasteiger partial charge on any atom is 0.315 e. The third-order valence-electron chi connectivity index (χ3n) is 2.10. The van der Waals surface area contributed by atoms with E-state index in [2.05, 4.69) is 31.4 Å². The first-order valence-corrected chi connectivity index (χ1v) is 5.33. The van der Waals surface area contributed by atoms with E-state index >= 15 is 0 Å². The summed E-state index contributed by atoms with van der Waals surface area (Å²) in [6.07, 6.45) is 0. The highest BCUT2D eigenvalue weighted by Gasteiger charge is 2.26. The first kappa shape index (κ1) is 14.2. The van der Waals surface area contributed by atoms with Gasteiger partial charge in [0.05, 0.1) is 12.6 Å². The molecule has 4 nitrogen and oxygen atoms in total. The van der Waals surface area contributed by atoms with Crippen molar-refractivity contribution in [2.24, 2.45) is 5.41 Å². The molecule has 0 aromatic rings. The molecule has 0 aliphatic heterocycles. The molecular formula is C11H24N2O2. The van der Waals surface area contributed by atoms with Gasteiger partial charge in [0.25, 0.3) is 0 Å². The Balaban J connectivity index is 4.23. The van der Waals surface area contributed by atoms with Gasteiger partial charge in [-0.3, -0.25) is 0 Å². The molecule has 0 radical (unpaired) electrons. The topological polar surface area (TPSA) is 50.4 Å². The fourth-order valence-electron chi connectivity index (χ4n) is 1.14. The monoisotopic (exact) mass is 216 g/mol. The maximum absolute atomic E-state index is 11.5. The van der Waals surface area contributed by atoms with E-state index in [1.807, 2.05) is 13.8 Å². The predicted molar refractivity (Wildman–Crippen MR) is 61.9 cm³/mol. The highest BCUT2D eigenvalue weighted by Crippen LogP contribution is 2.19. The Kier molecular flexibility index (Phi) is 5.65. The highest BCUT2D eigenvalue weighted by atomic mass is 16.5. The summed E-state index contributed by atoms with van der Waals surface area (Å²) < 4.78 is 5.09. The van der Waals surface area contributed by atoms with Crippen molar-refractivity contribution >= 4 is 6.03 Å². The normalized spacial score (nSPS) is 13.8. The molecule has 1 atom stereocenters. The van der Waals surface area contributed by atoms with Crippen LogP contribution in [0.1, 0.15) is 34.6 Å². The van der Waals surface area contributed by atoms with E-state index in [4.69, 9.17) is 4.74 Å². The summed E-state index contributed by atoms with van der Waals surface area (Å²) in [5, 5.41) is 5.71. The van der Waals surface area contributed by atoms with E-state index in [9.17, 15) is 4.79 Å². The van der Waals surface area contributed by atoms with E-state index < -0.39 is 0 Å². The van der Waals surface area contributed by atoms with Crippen LogP contribution < -0.4 is 10.6 Å². The van der Waals surface area contributed by atoms with Crippen molar-refractivity contribution in [3.05, 3.63) is 0 Å². The molecule has 0 heterocycles. The van der Waals surface area contributed by atoms with Crippen LogP contribution in [0.2, 0.25) is 0 Å². The van der Waals surface area contributed by atoms with Crippen LogP contribution in [0.15, 0.2) is 0 Å². The molecule has 2 N–H and O–H groups in total. The van der Waals surface area contributed by atoms with Crippen molar-refractivity contribution in [3.8, 4) is 0 Å². The average Bonchev–Trinajstić information content (AvgIpc) is 2.00. The molecule has 0 bridgehead atoms. The Hall–Kier alpha value is -0.770. The second-order valence-corrected chi connectivity index (χ2v) is 5.15. The molecule has 0 spiro atoms. The molecular weight excluding hydrogens is 192 g/mol. The lowest BCUT2D eigenvalue weighted by molar-refractivity contribution is 0.117. The van der Waals surface area contributed by atoms with Crippen LogP contribution in [0.3, 0.4) is 0 Å². The van der Waals surface area contributed by atoms with Crippen molar-refractivity contribution in [1.82, 2.24) is 10.6 Å². The third kappa shape index (κ3) is 6.33. The summed E-state index contributed by atoms with van der Waals surface area (Å²) >= 11 is 0. The number of urea groups is 1. The molecule has 0 saturated carbocycles. The Morgan fingerprint density at radius 1 is 1.27 bits per heavy atom. The number of carbonyl (C=O) groups excluding carboxylic acids is 1. The minimum atomic E-state index is -0.137. The quantitative estimate of drug-likeness (QED) is 0.752. The first-order chi connectivity index (χ1) is 6.77. The Morgan fingerprint density at radius 3 is 2.13 bits per heavy atom. The fraction of sp³-hybridized carbons (Fsp3) is 0.909. The number of hydrogen-bond donors (Lipinski definition) is 2. The third-order valence-corrected chi connectivity index (χ3v) is 2.10. The van der Waals surface area contributed by atoms with Crippen molar-refractivity contribution < 1.29 is 9.53 Å². The van der Waals surface area contributed by atoms with Crippen LogP contribution in [0, 0.1) is 5.41 Å². The van der Waals surface area contributed by atoms with E-state index in [0.29, 0.717) is 6.61 Å². The van der Waals surface area contributed by atoms with Gasteiger partial charge in [0.15, 0.2) is 0 Å². The van der Waals surface area contributed by atoms with Crippen molar-refractivity contribution in [2.75, 3.05) is 13.7 Å². The number of hydrogen-bond acceptors (Lipinski definition) is 2. The molecule has 0 rings (SSSR count). The molecule has 90 valence electrons. The molecule has 0 unspecified atom stereocenters. The molecule has 0 aromatic carbocycles. The van der Waals surface area contributed by atoms with Crippen LogP contribution in [0.4, 0.5) is 4.79 Å². The summed E-state index contributed by atoms with van der Waals surface area (Å²) in [7, 11) is 1.64. The van der Waals surface area contributed by atoms with Crippen molar-refractivity contribution in [1.29, 1.82) is 0 Å². The van der Waals surface area contributed by atoms with Gasteiger partial charge in [-0.05, 0) is 19.3 Å². The van der Waals surface area contributed by atoms with E-state index in [1.165, 1.54) is 0 Å². The second-order valence-electron chi connectivity index (χ2n) is 5.15. The van der Waals surface area contributed by atoms with Gasteiger partial charge >= 0.3 is 6.03 Å². The van der Waals surface area contributed by atoms with Gasteiger partial charge in [-0.15, -0.1) is 0 Å². The summed E-state index contributed by atoms with van der Waals surface area (Å²) in [6.45, 7) is 10.6. The highest BCUT2D eigenvalue weighted by molar-refractivity contribution is 5.74. The summed E-state index contributed by atoms with van der Waals surface area (Å²) in [4.78, 5) is 11.5. The molecule has 4 heteroatoms.